The maximum absolute atomic E-state index is 15.0. The quantitative estimate of drug-likeness (QED) is 0.184. The lowest BCUT2D eigenvalue weighted by molar-refractivity contribution is 0.100. The number of aryl methyl sites for hydroxylation is 1. The topological polar surface area (TPSA) is 65.3 Å². The number of aromatic nitrogens is 1. The van der Waals surface area contributed by atoms with Crippen LogP contribution in [0.5, 0.6) is 0 Å². The summed E-state index contributed by atoms with van der Waals surface area (Å²) in [5.41, 5.74) is 3.63. The molecule has 0 amide bonds. The number of furan rings is 2. The third kappa shape index (κ3) is 4.73. The van der Waals surface area contributed by atoms with Gasteiger partial charge in [-0.05, 0) is 94.8 Å². The molecule has 4 aromatic carbocycles. The first-order valence-corrected chi connectivity index (χ1v) is 15.2. The van der Waals surface area contributed by atoms with E-state index < -0.39 is 11.6 Å². The van der Waals surface area contributed by atoms with Gasteiger partial charge in [0, 0.05) is 50.8 Å². The molecule has 0 aliphatic carbocycles. The van der Waals surface area contributed by atoms with Gasteiger partial charge in [-0.1, -0.05) is 41.5 Å². The van der Waals surface area contributed by atoms with Gasteiger partial charge >= 0.3 is 0 Å². The monoisotopic (exact) mass is 617 g/mol. The number of nitrogens with zero attached hydrogens (tertiary/aromatic N) is 1. The fourth-order valence-electron chi connectivity index (χ4n) is 6.10. The fraction of sp³-hybridized carbons (Fsp3) is 0.231. The predicted molar refractivity (Wildman–Crippen MR) is 177 cm³/mol. The Hall–Kier alpha value is -5.04. The number of rotatable bonds is 4. The van der Waals surface area contributed by atoms with E-state index in [2.05, 4.69) is 0 Å². The van der Waals surface area contributed by atoms with E-state index in [-0.39, 0.29) is 45.1 Å². The van der Waals surface area contributed by atoms with Crippen molar-refractivity contribution in [1.29, 1.82) is 0 Å². The van der Waals surface area contributed by atoms with E-state index in [4.69, 9.17) is 8.83 Å². The van der Waals surface area contributed by atoms with Gasteiger partial charge in [-0.2, -0.15) is 0 Å². The summed E-state index contributed by atoms with van der Waals surface area (Å²) in [7, 11) is 1.91. The molecule has 3 aromatic heterocycles. The van der Waals surface area contributed by atoms with E-state index in [1.54, 1.807) is 36.4 Å². The molecule has 3 heterocycles. The zero-order valence-corrected chi connectivity index (χ0v) is 26.8. The first kappa shape index (κ1) is 29.7. The first-order valence-electron chi connectivity index (χ1n) is 15.2. The molecular formula is C39H33F2NO4. The first-order chi connectivity index (χ1) is 21.6. The molecule has 0 aliphatic rings. The molecule has 7 rings (SSSR count). The number of carbonyl (C=O) groups excluding carboxylic acids is 2. The lowest BCUT2D eigenvalue weighted by atomic mass is 9.86. The van der Waals surface area contributed by atoms with Crippen LogP contribution in [-0.4, -0.2) is 16.1 Å². The van der Waals surface area contributed by atoms with Gasteiger partial charge in [-0.25, -0.2) is 8.78 Å². The van der Waals surface area contributed by atoms with Crippen LogP contribution >= 0.6 is 0 Å². The molecule has 0 fully saturated rings. The normalized spacial score (nSPS) is 12.6. The van der Waals surface area contributed by atoms with Crippen molar-refractivity contribution in [3.63, 3.8) is 0 Å². The zero-order chi connectivity index (χ0) is 32.9. The molecule has 0 unspecified atom stereocenters. The summed E-state index contributed by atoms with van der Waals surface area (Å²) in [4.78, 5) is 27.3. The number of benzene rings is 4. The van der Waals surface area contributed by atoms with Crippen LogP contribution in [0.15, 0.2) is 81.6 Å². The second kappa shape index (κ2) is 9.98. The Kier molecular flexibility index (Phi) is 6.43. The second-order valence-electron chi connectivity index (χ2n) is 14.2. The molecule has 7 aromatic rings. The van der Waals surface area contributed by atoms with Crippen LogP contribution in [0.25, 0.3) is 43.7 Å². The number of hydrogen-bond donors (Lipinski definition) is 0. The highest BCUT2D eigenvalue weighted by atomic mass is 19.1. The highest BCUT2D eigenvalue weighted by Gasteiger charge is 2.24. The van der Waals surface area contributed by atoms with E-state index in [9.17, 15) is 18.4 Å². The Morgan fingerprint density at radius 1 is 0.587 bits per heavy atom. The lowest BCUT2D eigenvalue weighted by Gasteiger charge is -2.18. The molecule has 0 bridgehead atoms. The van der Waals surface area contributed by atoms with Gasteiger partial charge in [0.2, 0.25) is 11.6 Å². The Balaban J connectivity index is 1.28. The zero-order valence-electron chi connectivity index (χ0n) is 26.8. The Morgan fingerprint density at radius 3 is 1.35 bits per heavy atom. The molecule has 232 valence electrons. The average molecular weight is 618 g/mol. The SMILES string of the molecule is Cn1c2ccc(C(=O)c3cc4cc(C(C)(C)C)cc(F)c4o3)cc2c2cc(C(=O)c3cc4cc(C(C)(C)C)cc(F)c4o3)ccc21. The smallest absolute Gasteiger partial charge is 0.228 e. The molecule has 0 saturated carbocycles. The van der Waals surface area contributed by atoms with Gasteiger partial charge in [0.15, 0.2) is 34.3 Å². The van der Waals surface area contributed by atoms with Gasteiger partial charge in [0.25, 0.3) is 0 Å². The molecule has 0 saturated heterocycles. The molecule has 5 nitrogen and oxygen atoms in total. The van der Waals surface area contributed by atoms with E-state index in [0.29, 0.717) is 21.9 Å². The Bertz CT molecular complexity index is 2240. The van der Waals surface area contributed by atoms with Gasteiger partial charge in [0.05, 0.1) is 0 Å². The Morgan fingerprint density at radius 2 is 0.978 bits per heavy atom. The largest absolute Gasteiger partial charge is 0.449 e. The highest BCUT2D eigenvalue weighted by molar-refractivity contribution is 6.17. The minimum Gasteiger partial charge on any atom is -0.449 e. The number of ketones is 2. The fourth-order valence-corrected chi connectivity index (χ4v) is 6.10. The molecule has 0 atom stereocenters. The number of hydrogen-bond acceptors (Lipinski definition) is 4. The summed E-state index contributed by atoms with van der Waals surface area (Å²) in [6.45, 7) is 12.0. The number of fused-ring (bicyclic) bond motifs is 5. The maximum atomic E-state index is 15.0. The van der Waals surface area contributed by atoms with Crippen LogP contribution in [0.3, 0.4) is 0 Å². The van der Waals surface area contributed by atoms with Crippen LogP contribution in [0.4, 0.5) is 8.78 Å². The van der Waals surface area contributed by atoms with Crippen molar-refractivity contribution in [3.05, 3.63) is 118 Å². The van der Waals surface area contributed by atoms with Crippen LogP contribution < -0.4 is 0 Å². The summed E-state index contributed by atoms with van der Waals surface area (Å²) in [6.07, 6.45) is 0. The van der Waals surface area contributed by atoms with Crippen molar-refractivity contribution >= 4 is 55.3 Å². The predicted octanol–water partition coefficient (Wildman–Crippen LogP) is 10.2. The van der Waals surface area contributed by atoms with Crippen molar-refractivity contribution in [2.45, 2.75) is 52.4 Å². The average Bonchev–Trinajstić information content (AvgIpc) is 3.70. The van der Waals surface area contributed by atoms with Crippen molar-refractivity contribution in [3.8, 4) is 0 Å². The molecule has 0 spiro atoms. The van der Waals surface area contributed by atoms with Gasteiger partial charge < -0.3 is 13.4 Å². The molecule has 0 N–H and O–H groups in total. The van der Waals surface area contributed by atoms with Crippen LogP contribution in [-0.2, 0) is 17.9 Å². The van der Waals surface area contributed by atoms with E-state index in [0.717, 1.165) is 32.9 Å². The molecule has 0 radical (unpaired) electrons. The molecule has 0 aliphatic heterocycles. The third-order valence-corrected chi connectivity index (χ3v) is 8.85. The van der Waals surface area contributed by atoms with E-state index in [1.807, 2.05) is 77.4 Å². The minimum absolute atomic E-state index is 0.0437. The van der Waals surface area contributed by atoms with E-state index >= 15 is 0 Å². The number of carbonyl (C=O) groups is 2. The summed E-state index contributed by atoms with van der Waals surface area (Å²) < 4.78 is 43.4. The van der Waals surface area contributed by atoms with Crippen molar-refractivity contribution in [1.82, 2.24) is 4.57 Å². The lowest BCUT2D eigenvalue weighted by Crippen LogP contribution is -2.11. The van der Waals surface area contributed by atoms with Crippen molar-refractivity contribution in [2.24, 2.45) is 7.05 Å². The van der Waals surface area contributed by atoms with Crippen LogP contribution in [0, 0.1) is 11.6 Å². The maximum Gasteiger partial charge on any atom is 0.228 e. The second-order valence-corrected chi connectivity index (χ2v) is 14.2. The summed E-state index contributed by atoms with van der Waals surface area (Å²) in [5, 5.41) is 2.59. The van der Waals surface area contributed by atoms with Crippen molar-refractivity contribution < 1.29 is 27.2 Å². The minimum atomic E-state index is -0.509. The van der Waals surface area contributed by atoms with Gasteiger partial charge in [0.1, 0.15) is 0 Å². The highest BCUT2D eigenvalue weighted by Crippen LogP contribution is 2.35. The molecular weight excluding hydrogens is 584 g/mol. The van der Waals surface area contributed by atoms with Crippen molar-refractivity contribution in [2.75, 3.05) is 0 Å². The van der Waals surface area contributed by atoms with Crippen LogP contribution in [0.2, 0.25) is 0 Å². The Labute approximate surface area is 264 Å². The summed E-state index contributed by atoms with van der Waals surface area (Å²) in [5.74, 6) is -1.68. The summed E-state index contributed by atoms with van der Waals surface area (Å²) >= 11 is 0. The molecule has 7 heteroatoms. The third-order valence-electron chi connectivity index (χ3n) is 8.85. The number of halogens is 2. The van der Waals surface area contributed by atoms with Gasteiger partial charge in [-0.15, -0.1) is 0 Å². The molecule has 46 heavy (non-hydrogen) atoms. The van der Waals surface area contributed by atoms with Crippen LogP contribution in [0.1, 0.15) is 84.9 Å². The summed E-state index contributed by atoms with van der Waals surface area (Å²) in [6, 6.07) is 20.4. The van der Waals surface area contributed by atoms with Gasteiger partial charge in [-0.3, -0.25) is 9.59 Å². The van der Waals surface area contributed by atoms with E-state index in [1.165, 1.54) is 12.1 Å². The standard InChI is InChI=1S/C39H33F2NO4/c1-38(2,3)24-12-22-16-32(45-36(22)28(40)18-24)34(43)20-8-10-30-26(14-20)27-15-21(9-11-31(27)42(30)7)35(44)33-17-23-13-25(39(4,5)6)19-29(41)37(23)46-33/h8-19H,1-7H3.